The molecule has 0 spiro atoms. The summed E-state index contributed by atoms with van der Waals surface area (Å²) in [6.07, 6.45) is 5.04. The van der Waals surface area contributed by atoms with Crippen molar-refractivity contribution < 1.29 is 9.90 Å². The molecule has 2 unspecified atom stereocenters. The molecule has 1 saturated carbocycles. The second kappa shape index (κ2) is 7.53. The van der Waals surface area contributed by atoms with Crippen LogP contribution in [0.1, 0.15) is 47.6 Å². The average Bonchev–Trinajstić information content (AvgIpc) is 3.43. The summed E-state index contributed by atoms with van der Waals surface area (Å²) in [5.41, 5.74) is 2.38. The summed E-state index contributed by atoms with van der Waals surface area (Å²) in [6, 6.07) is 6.43. The molecule has 0 radical (unpaired) electrons. The first-order chi connectivity index (χ1) is 14.0. The second-order valence-corrected chi connectivity index (χ2v) is 8.17. The quantitative estimate of drug-likeness (QED) is 0.782. The third-order valence-electron chi connectivity index (χ3n) is 6.41. The summed E-state index contributed by atoms with van der Waals surface area (Å²) in [4.78, 5) is 26.6. The molecular weight excluding hydrogens is 368 g/mol. The molecule has 1 aromatic carbocycles. The Morgan fingerprint density at radius 2 is 2.14 bits per heavy atom. The van der Waals surface area contributed by atoms with Crippen molar-refractivity contribution in [2.45, 2.75) is 44.7 Å². The van der Waals surface area contributed by atoms with E-state index in [1.807, 2.05) is 24.6 Å². The van der Waals surface area contributed by atoms with E-state index < -0.39 is 11.4 Å². The van der Waals surface area contributed by atoms with Gasteiger partial charge in [0.25, 0.3) is 0 Å². The standard InChI is InChI=1S/C22H26N4O3/c1-13-19(25-10-8-14(11-25)18(24-2)7-9-23)6-5-16-20(13)26(15-3-4-15)12-17(21(16)27)22(28)29/h5-6,12,14-15,18,24H,3-4,7-8,10-11H2,1-2H3,(H,28,29). The molecule has 2 aliphatic rings. The number of hydrogen-bond donors (Lipinski definition) is 2. The summed E-state index contributed by atoms with van der Waals surface area (Å²) in [5.74, 6) is -0.777. The molecule has 2 fully saturated rings. The summed E-state index contributed by atoms with van der Waals surface area (Å²) in [6.45, 7) is 3.79. The molecule has 2 atom stereocenters. The van der Waals surface area contributed by atoms with Crippen LogP contribution in [0.3, 0.4) is 0 Å². The number of rotatable bonds is 6. The van der Waals surface area contributed by atoms with Gasteiger partial charge in [-0.05, 0) is 56.8 Å². The summed E-state index contributed by atoms with van der Waals surface area (Å²) >= 11 is 0. The third-order valence-corrected chi connectivity index (χ3v) is 6.41. The zero-order valence-electron chi connectivity index (χ0n) is 16.8. The minimum Gasteiger partial charge on any atom is -0.477 e. The number of hydrogen-bond acceptors (Lipinski definition) is 5. The SMILES string of the molecule is CNC(CC#N)C1CCN(c2ccc3c(=O)c(C(=O)O)cn(C4CC4)c3c2C)C1. The average molecular weight is 394 g/mol. The molecule has 1 aliphatic carbocycles. The van der Waals surface area contributed by atoms with Gasteiger partial charge in [-0.15, -0.1) is 0 Å². The fraction of sp³-hybridized carbons (Fsp3) is 0.500. The highest BCUT2D eigenvalue weighted by Crippen LogP contribution is 2.40. The fourth-order valence-electron chi connectivity index (χ4n) is 4.69. The lowest BCUT2D eigenvalue weighted by molar-refractivity contribution is 0.0695. The van der Waals surface area contributed by atoms with Gasteiger partial charge in [0.05, 0.1) is 18.0 Å². The van der Waals surface area contributed by atoms with E-state index in [1.54, 1.807) is 6.07 Å². The maximum atomic E-state index is 12.8. The lowest BCUT2D eigenvalue weighted by Gasteiger charge is -2.25. The van der Waals surface area contributed by atoms with Crippen molar-refractivity contribution in [1.29, 1.82) is 5.26 Å². The number of pyridine rings is 1. The van der Waals surface area contributed by atoms with Gasteiger partial charge in [0.2, 0.25) is 5.43 Å². The Kier molecular flexibility index (Phi) is 5.05. The lowest BCUT2D eigenvalue weighted by atomic mass is 9.97. The van der Waals surface area contributed by atoms with Crippen LogP contribution in [0.5, 0.6) is 0 Å². The first kappa shape index (κ1) is 19.5. The number of carboxylic acid groups (broad SMARTS) is 1. The van der Waals surface area contributed by atoms with Crippen LogP contribution in [0.4, 0.5) is 5.69 Å². The van der Waals surface area contributed by atoms with Crippen molar-refractivity contribution >= 4 is 22.6 Å². The minimum absolute atomic E-state index is 0.161. The Bertz CT molecular complexity index is 1060. The highest BCUT2D eigenvalue weighted by molar-refractivity contribution is 5.95. The van der Waals surface area contributed by atoms with Crippen molar-refractivity contribution in [1.82, 2.24) is 9.88 Å². The van der Waals surface area contributed by atoms with E-state index in [4.69, 9.17) is 5.26 Å². The van der Waals surface area contributed by atoms with E-state index in [0.717, 1.165) is 49.1 Å². The number of nitriles is 1. The third kappa shape index (κ3) is 3.38. The van der Waals surface area contributed by atoms with Gasteiger partial charge in [-0.25, -0.2) is 4.79 Å². The zero-order chi connectivity index (χ0) is 20.7. The van der Waals surface area contributed by atoms with Gasteiger partial charge < -0.3 is 19.9 Å². The number of nitrogens with one attached hydrogen (secondary N) is 1. The summed E-state index contributed by atoms with van der Waals surface area (Å²) < 4.78 is 2.00. The number of nitrogens with zero attached hydrogens (tertiary/aromatic N) is 3. The van der Waals surface area contributed by atoms with Crippen molar-refractivity contribution in [2.75, 3.05) is 25.0 Å². The van der Waals surface area contributed by atoms with Crippen LogP contribution in [-0.4, -0.2) is 41.8 Å². The normalized spacial score (nSPS) is 20.0. The summed E-state index contributed by atoms with van der Waals surface area (Å²) in [5, 5.41) is 22.3. The van der Waals surface area contributed by atoms with Crippen LogP contribution < -0.4 is 15.6 Å². The van der Waals surface area contributed by atoms with Crippen molar-refractivity contribution in [2.24, 2.45) is 5.92 Å². The number of carboxylic acids is 1. The number of aromatic carboxylic acids is 1. The van der Waals surface area contributed by atoms with E-state index in [0.29, 0.717) is 17.7 Å². The minimum atomic E-state index is -1.17. The van der Waals surface area contributed by atoms with Crippen molar-refractivity contribution in [3.63, 3.8) is 0 Å². The highest BCUT2D eigenvalue weighted by Gasteiger charge is 2.31. The molecular formula is C22H26N4O3. The molecule has 7 nitrogen and oxygen atoms in total. The van der Waals surface area contributed by atoms with E-state index in [1.165, 1.54) is 6.20 Å². The number of anilines is 1. The maximum Gasteiger partial charge on any atom is 0.341 e. The number of benzene rings is 1. The summed E-state index contributed by atoms with van der Waals surface area (Å²) in [7, 11) is 1.90. The largest absolute Gasteiger partial charge is 0.477 e. The number of aryl methyl sites for hydroxylation is 1. The zero-order valence-corrected chi connectivity index (χ0v) is 16.8. The Hall–Kier alpha value is -2.85. The van der Waals surface area contributed by atoms with Gasteiger partial charge in [-0.2, -0.15) is 5.26 Å². The maximum absolute atomic E-state index is 12.8. The first-order valence-corrected chi connectivity index (χ1v) is 10.2. The van der Waals surface area contributed by atoms with E-state index >= 15 is 0 Å². The molecule has 1 saturated heterocycles. The predicted molar refractivity (Wildman–Crippen MR) is 112 cm³/mol. The molecule has 0 amide bonds. The van der Waals surface area contributed by atoms with E-state index in [-0.39, 0.29) is 17.6 Å². The fourth-order valence-corrected chi connectivity index (χ4v) is 4.69. The Morgan fingerprint density at radius 1 is 1.38 bits per heavy atom. The smallest absolute Gasteiger partial charge is 0.341 e. The number of aromatic nitrogens is 1. The Balaban J connectivity index is 1.76. The molecule has 4 rings (SSSR count). The van der Waals surface area contributed by atoms with Crippen LogP contribution >= 0.6 is 0 Å². The number of fused-ring (bicyclic) bond motifs is 1. The van der Waals surface area contributed by atoms with Crippen molar-refractivity contribution in [3.05, 3.63) is 39.7 Å². The van der Waals surface area contributed by atoms with Crippen LogP contribution in [0.15, 0.2) is 23.1 Å². The Morgan fingerprint density at radius 3 is 2.76 bits per heavy atom. The van der Waals surface area contributed by atoms with Gasteiger partial charge >= 0.3 is 5.97 Å². The molecule has 2 aromatic rings. The van der Waals surface area contributed by atoms with Gasteiger partial charge in [0.1, 0.15) is 5.56 Å². The molecule has 2 N–H and O–H groups in total. The highest BCUT2D eigenvalue weighted by atomic mass is 16.4. The second-order valence-electron chi connectivity index (χ2n) is 8.17. The van der Waals surface area contributed by atoms with Crippen LogP contribution in [0, 0.1) is 24.2 Å². The number of carbonyl (C=O) groups is 1. The van der Waals surface area contributed by atoms with E-state index in [9.17, 15) is 14.7 Å². The van der Waals surface area contributed by atoms with Crippen LogP contribution in [0.2, 0.25) is 0 Å². The molecule has 1 aliphatic heterocycles. The molecule has 29 heavy (non-hydrogen) atoms. The molecule has 152 valence electrons. The monoisotopic (exact) mass is 394 g/mol. The molecule has 2 heterocycles. The lowest BCUT2D eigenvalue weighted by Crippen LogP contribution is -2.35. The molecule has 1 aromatic heterocycles. The first-order valence-electron chi connectivity index (χ1n) is 10.2. The van der Waals surface area contributed by atoms with Crippen LogP contribution in [0.25, 0.3) is 10.9 Å². The van der Waals surface area contributed by atoms with Crippen LogP contribution in [-0.2, 0) is 0 Å². The van der Waals surface area contributed by atoms with Gasteiger partial charge in [0, 0.05) is 42.4 Å². The molecule has 0 bridgehead atoms. The topological polar surface area (TPSA) is 98.4 Å². The molecule has 7 heteroatoms. The van der Waals surface area contributed by atoms with Gasteiger partial charge in [-0.3, -0.25) is 4.79 Å². The Labute approximate surface area is 169 Å². The predicted octanol–water partition coefficient (Wildman–Crippen LogP) is 2.67. The van der Waals surface area contributed by atoms with Gasteiger partial charge in [-0.1, -0.05) is 0 Å². The van der Waals surface area contributed by atoms with Crippen molar-refractivity contribution in [3.8, 4) is 6.07 Å². The van der Waals surface area contributed by atoms with Gasteiger partial charge in [0.15, 0.2) is 0 Å². The van der Waals surface area contributed by atoms with E-state index in [2.05, 4.69) is 16.3 Å².